The maximum Gasteiger partial charge on any atom is 0.189 e. The van der Waals surface area contributed by atoms with Crippen LogP contribution in [0.1, 0.15) is 37.8 Å². The molecule has 1 fully saturated rings. The molecule has 0 aliphatic heterocycles. The zero-order chi connectivity index (χ0) is 14.5. The van der Waals surface area contributed by atoms with E-state index in [2.05, 4.69) is 15.3 Å². The van der Waals surface area contributed by atoms with Crippen molar-refractivity contribution in [3.8, 4) is 10.8 Å². The van der Waals surface area contributed by atoms with Crippen molar-refractivity contribution in [3.05, 3.63) is 29.5 Å². The van der Waals surface area contributed by atoms with Crippen molar-refractivity contribution >= 4 is 41.3 Å². The molecule has 0 unspecified atom stereocenters. The Labute approximate surface area is 151 Å². The van der Waals surface area contributed by atoms with Gasteiger partial charge in [0.05, 0.1) is 18.5 Å². The molecule has 0 atom stereocenters. The molecule has 0 saturated heterocycles. The summed E-state index contributed by atoms with van der Waals surface area (Å²) < 4.78 is 5.33. The average molecular weight is 432 g/mol. The molecule has 120 valence electrons. The fourth-order valence-electron chi connectivity index (χ4n) is 2.56. The molecule has 1 aliphatic carbocycles. The van der Waals surface area contributed by atoms with Crippen LogP contribution < -0.4 is 11.1 Å². The zero-order valence-corrected chi connectivity index (χ0v) is 15.5. The summed E-state index contributed by atoms with van der Waals surface area (Å²) in [6.45, 7) is 0.503. The Morgan fingerprint density at radius 2 is 2.23 bits per heavy atom. The van der Waals surface area contributed by atoms with E-state index in [9.17, 15) is 0 Å². The summed E-state index contributed by atoms with van der Waals surface area (Å²) in [6.07, 6.45) is 7.93. The standard InChI is InChI=1S/C15H20N4OS.HI/c16-15(19-11-5-2-1-3-6-11)17-9-12-10-21-14(18-12)13-7-4-8-20-13;/h4,7-8,10-11H,1-3,5-6,9H2,(H3,16,17,19);1H. The van der Waals surface area contributed by atoms with Gasteiger partial charge in [0.15, 0.2) is 16.7 Å². The van der Waals surface area contributed by atoms with E-state index in [1.165, 1.54) is 32.1 Å². The number of halogens is 1. The minimum atomic E-state index is 0. The van der Waals surface area contributed by atoms with E-state index in [4.69, 9.17) is 10.2 Å². The number of rotatable bonds is 4. The molecule has 0 aromatic carbocycles. The van der Waals surface area contributed by atoms with E-state index < -0.39 is 0 Å². The highest BCUT2D eigenvalue weighted by atomic mass is 127. The Morgan fingerprint density at radius 1 is 1.41 bits per heavy atom. The first-order valence-corrected chi connectivity index (χ1v) is 8.24. The third-order valence-corrected chi connectivity index (χ3v) is 4.56. The minimum Gasteiger partial charge on any atom is -0.462 e. The first kappa shape index (κ1) is 17.3. The molecule has 0 bridgehead atoms. The molecule has 0 amide bonds. The van der Waals surface area contributed by atoms with Gasteiger partial charge < -0.3 is 15.5 Å². The summed E-state index contributed by atoms with van der Waals surface area (Å²) in [5.41, 5.74) is 6.87. The number of nitrogens with zero attached hydrogens (tertiary/aromatic N) is 2. The SMILES string of the molecule is I.NC(=NCc1csc(-c2ccco2)n1)NC1CCCCC1. The smallest absolute Gasteiger partial charge is 0.189 e. The highest BCUT2D eigenvalue weighted by molar-refractivity contribution is 14.0. The Bertz CT molecular complexity index is 590. The summed E-state index contributed by atoms with van der Waals surface area (Å²) in [6, 6.07) is 4.25. The lowest BCUT2D eigenvalue weighted by atomic mass is 9.96. The van der Waals surface area contributed by atoms with Gasteiger partial charge in [-0.05, 0) is 25.0 Å². The molecule has 0 spiro atoms. The van der Waals surface area contributed by atoms with Crippen molar-refractivity contribution in [1.82, 2.24) is 10.3 Å². The van der Waals surface area contributed by atoms with Gasteiger partial charge >= 0.3 is 0 Å². The fourth-order valence-corrected chi connectivity index (χ4v) is 3.34. The Balaban J connectivity index is 0.00000176. The van der Waals surface area contributed by atoms with Crippen LogP contribution in [0.4, 0.5) is 0 Å². The summed E-state index contributed by atoms with van der Waals surface area (Å²) in [7, 11) is 0. The molecule has 1 saturated carbocycles. The molecule has 2 aromatic rings. The van der Waals surface area contributed by atoms with Crippen LogP contribution in [0, 0.1) is 0 Å². The van der Waals surface area contributed by atoms with Gasteiger partial charge in [-0.2, -0.15) is 0 Å². The quantitative estimate of drug-likeness (QED) is 0.438. The second-order valence-corrected chi connectivity index (χ2v) is 6.16. The first-order valence-electron chi connectivity index (χ1n) is 7.36. The molecule has 2 aromatic heterocycles. The van der Waals surface area contributed by atoms with E-state index >= 15 is 0 Å². The van der Waals surface area contributed by atoms with Crippen molar-refractivity contribution in [3.63, 3.8) is 0 Å². The third-order valence-electron chi connectivity index (χ3n) is 3.65. The van der Waals surface area contributed by atoms with Crippen LogP contribution >= 0.6 is 35.3 Å². The third kappa shape index (κ3) is 4.70. The normalized spacial score (nSPS) is 16.3. The van der Waals surface area contributed by atoms with Crippen molar-refractivity contribution in [1.29, 1.82) is 0 Å². The lowest BCUT2D eigenvalue weighted by molar-refractivity contribution is 0.412. The second kappa shape index (κ2) is 8.52. The van der Waals surface area contributed by atoms with E-state index in [1.54, 1.807) is 17.6 Å². The van der Waals surface area contributed by atoms with E-state index in [0.29, 0.717) is 18.5 Å². The highest BCUT2D eigenvalue weighted by Crippen LogP contribution is 2.24. The van der Waals surface area contributed by atoms with Crippen molar-refractivity contribution < 1.29 is 4.42 Å². The van der Waals surface area contributed by atoms with Crippen LogP contribution in [0.5, 0.6) is 0 Å². The number of nitrogens with one attached hydrogen (secondary N) is 1. The van der Waals surface area contributed by atoms with Gasteiger partial charge in [0.2, 0.25) is 0 Å². The monoisotopic (exact) mass is 432 g/mol. The van der Waals surface area contributed by atoms with Gasteiger partial charge in [-0.15, -0.1) is 35.3 Å². The van der Waals surface area contributed by atoms with Gasteiger partial charge in [0.25, 0.3) is 0 Å². The topological polar surface area (TPSA) is 76.4 Å². The predicted molar refractivity (Wildman–Crippen MR) is 101 cm³/mol. The molecule has 3 N–H and O–H groups in total. The number of hydrogen-bond donors (Lipinski definition) is 2. The van der Waals surface area contributed by atoms with Gasteiger partial charge in [-0.3, -0.25) is 0 Å². The minimum absolute atomic E-state index is 0. The van der Waals surface area contributed by atoms with Crippen LogP contribution in [0.25, 0.3) is 10.8 Å². The van der Waals surface area contributed by atoms with Gasteiger partial charge in [0, 0.05) is 11.4 Å². The van der Waals surface area contributed by atoms with Gasteiger partial charge in [-0.25, -0.2) is 9.98 Å². The van der Waals surface area contributed by atoms with Crippen LogP contribution in [0.15, 0.2) is 33.2 Å². The molecule has 1 aliphatic rings. The van der Waals surface area contributed by atoms with Crippen molar-refractivity contribution in [2.45, 2.75) is 44.7 Å². The molecule has 7 heteroatoms. The van der Waals surface area contributed by atoms with E-state index in [0.717, 1.165) is 16.5 Å². The van der Waals surface area contributed by atoms with Gasteiger partial charge in [0.1, 0.15) is 0 Å². The number of nitrogens with two attached hydrogens (primary N) is 1. The number of hydrogen-bond acceptors (Lipinski definition) is 4. The number of thiazole rings is 1. The second-order valence-electron chi connectivity index (χ2n) is 5.30. The largest absolute Gasteiger partial charge is 0.462 e. The average Bonchev–Trinajstić information content (AvgIpc) is 3.17. The van der Waals surface area contributed by atoms with Gasteiger partial charge in [-0.1, -0.05) is 19.3 Å². The zero-order valence-electron chi connectivity index (χ0n) is 12.3. The van der Waals surface area contributed by atoms with Crippen LogP contribution in [0.3, 0.4) is 0 Å². The maximum absolute atomic E-state index is 5.95. The first-order chi connectivity index (χ1) is 10.3. The summed E-state index contributed by atoms with van der Waals surface area (Å²) in [4.78, 5) is 8.89. The molecule has 3 rings (SSSR count). The Hall–Kier alpha value is -1.09. The maximum atomic E-state index is 5.95. The molecular formula is C15H21IN4OS. The molecule has 2 heterocycles. The number of guanidine groups is 1. The van der Waals surface area contributed by atoms with Crippen LogP contribution in [0.2, 0.25) is 0 Å². The summed E-state index contributed by atoms with van der Waals surface area (Å²) in [5.74, 6) is 1.32. The van der Waals surface area contributed by atoms with E-state index in [1.807, 2.05) is 17.5 Å². The van der Waals surface area contributed by atoms with Crippen LogP contribution in [-0.4, -0.2) is 17.0 Å². The van der Waals surface area contributed by atoms with Crippen molar-refractivity contribution in [2.24, 2.45) is 10.7 Å². The lowest BCUT2D eigenvalue weighted by Gasteiger charge is -2.23. The van der Waals surface area contributed by atoms with Crippen molar-refractivity contribution in [2.75, 3.05) is 0 Å². The number of aliphatic imine (C=N–C) groups is 1. The van der Waals surface area contributed by atoms with Crippen LogP contribution in [-0.2, 0) is 6.54 Å². The molecular weight excluding hydrogens is 411 g/mol. The fraction of sp³-hybridized carbons (Fsp3) is 0.467. The summed E-state index contributed by atoms with van der Waals surface area (Å²) in [5, 5.41) is 6.18. The highest BCUT2D eigenvalue weighted by Gasteiger charge is 2.13. The summed E-state index contributed by atoms with van der Waals surface area (Å²) >= 11 is 1.56. The Morgan fingerprint density at radius 3 is 2.95 bits per heavy atom. The lowest BCUT2D eigenvalue weighted by Crippen LogP contribution is -2.41. The molecule has 22 heavy (non-hydrogen) atoms. The Kier molecular flexibility index (Phi) is 6.69. The predicted octanol–water partition coefficient (Wildman–Crippen LogP) is 3.76. The number of aromatic nitrogens is 1. The number of furan rings is 1. The molecule has 5 nitrogen and oxygen atoms in total. The van der Waals surface area contributed by atoms with E-state index in [-0.39, 0.29) is 24.0 Å². The molecule has 0 radical (unpaired) electrons.